The minimum atomic E-state index is -0.628. The third-order valence-corrected chi connectivity index (χ3v) is 1.98. The number of ether oxygens (including phenoxy) is 1. The molecule has 0 aliphatic heterocycles. The highest BCUT2D eigenvalue weighted by Gasteiger charge is 2.22. The van der Waals surface area contributed by atoms with E-state index in [1.807, 2.05) is 0 Å². The summed E-state index contributed by atoms with van der Waals surface area (Å²) in [6, 6.07) is 5.65. The van der Waals surface area contributed by atoms with E-state index in [1.165, 1.54) is 23.1 Å². The number of nitrogens with zero attached hydrogens (tertiary/aromatic N) is 1. The van der Waals surface area contributed by atoms with Crippen LogP contribution in [0.25, 0.3) is 0 Å². The molecule has 1 aromatic rings. The van der Waals surface area contributed by atoms with Gasteiger partial charge in [0.1, 0.15) is 11.4 Å². The number of terminal acetylenes is 1. The molecular weight excluding hydrogens is 233 g/mol. The maximum atomic E-state index is 13.1. The molecule has 1 amide bonds. The van der Waals surface area contributed by atoms with E-state index in [4.69, 9.17) is 11.2 Å². The van der Waals surface area contributed by atoms with Crippen LogP contribution < -0.4 is 4.90 Å². The molecule has 0 heterocycles. The predicted octanol–water partition coefficient (Wildman–Crippen LogP) is 3.20. The van der Waals surface area contributed by atoms with E-state index in [2.05, 4.69) is 5.92 Å². The molecule has 0 spiro atoms. The Morgan fingerprint density at radius 2 is 2.17 bits per heavy atom. The molecule has 0 saturated heterocycles. The van der Waals surface area contributed by atoms with Crippen molar-refractivity contribution in [1.29, 1.82) is 0 Å². The molecule has 0 aliphatic carbocycles. The van der Waals surface area contributed by atoms with Crippen LogP contribution in [0.4, 0.5) is 14.9 Å². The zero-order valence-corrected chi connectivity index (χ0v) is 10.7. The monoisotopic (exact) mass is 249 g/mol. The summed E-state index contributed by atoms with van der Waals surface area (Å²) >= 11 is 0. The van der Waals surface area contributed by atoms with E-state index in [1.54, 1.807) is 26.8 Å². The van der Waals surface area contributed by atoms with Crippen LogP contribution in [0.3, 0.4) is 0 Å². The fraction of sp³-hybridized carbons (Fsp3) is 0.357. The second-order valence-corrected chi connectivity index (χ2v) is 4.75. The Morgan fingerprint density at radius 1 is 1.50 bits per heavy atom. The number of amides is 1. The predicted molar refractivity (Wildman–Crippen MR) is 68.8 cm³/mol. The molecule has 0 N–H and O–H groups in total. The van der Waals surface area contributed by atoms with E-state index in [9.17, 15) is 9.18 Å². The number of carbonyl (C=O) groups excluding carboxylic acids is 1. The summed E-state index contributed by atoms with van der Waals surface area (Å²) in [6.07, 6.45) is 4.62. The Morgan fingerprint density at radius 3 is 2.67 bits per heavy atom. The molecule has 3 nitrogen and oxygen atoms in total. The zero-order chi connectivity index (χ0) is 13.8. The van der Waals surface area contributed by atoms with Crippen LogP contribution in [-0.2, 0) is 4.74 Å². The third kappa shape index (κ3) is 4.10. The van der Waals surface area contributed by atoms with E-state index in [-0.39, 0.29) is 6.54 Å². The van der Waals surface area contributed by atoms with Gasteiger partial charge in [-0.1, -0.05) is 12.0 Å². The molecule has 1 aromatic carbocycles. The summed E-state index contributed by atoms with van der Waals surface area (Å²) in [4.78, 5) is 13.2. The Labute approximate surface area is 107 Å². The van der Waals surface area contributed by atoms with Crippen molar-refractivity contribution in [2.75, 3.05) is 11.4 Å². The van der Waals surface area contributed by atoms with Gasteiger partial charge in [-0.15, -0.1) is 6.42 Å². The Bertz CT molecular complexity index is 471. The molecular formula is C14H16FNO2. The van der Waals surface area contributed by atoms with Crippen LogP contribution in [0.1, 0.15) is 20.8 Å². The van der Waals surface area contributed by atoms with E-state index < -0.39 is 17.5 Å². The molecule has 4 heteroatoms. The van der Waals surface area contributed by atoms with Gasteiger partial charge in [-0.25, -0.2) is 9.18 Å². The molecule has 0 unspecified atom stereocenters. The van der Waals surface area contributed by atoms with Crippen molar-refractivity contribution in [3.8, 4) is 12.3 Å². The van der Waals surface area contributed by atoms with Gasteiger partial charge >= 0.3 is 6.09 Å². The first-order valence-electron chi connectivity index (χ1n) is 5.53. The molecule has 0 saturated carbocycles. The lowest BCUT2D eigenvalue weighted by Gasteiger charge is -2.26. The standard InChI is InChI=1S/C14H16FNO2/c1-5-9-16(13(17)18-14(2,3)4)12-8-6-7-11(15)10-12/h1,6-8,10H,9H2,2-4H3. The summed E-state index contributed by atoms with van der Waals surface area (Å²) < 4.78 is 18.4. The Balaban J connectivity index is 2.96. The number of carbonyl (C=O) groups is 1. The fourth-order valence-electron chi connectivity index (χ4n) is 1.31. The lowest BCUT2D eigenvalue weighted by atomic mass is 10.2. The maximum Gasteiger partial charge on any atom is 0.415 e. The van der Waals surface area contributed by atoms with E-state index in [0.29, 0.717) is 5.69 Å². The Hall–Kier alpha value is -2.02. The fourth-order valence-corrected chi connectivity index (χ4v) is 1.31. The summed E-state index contributed by atoms with van der Waals surface area (Å²) in [7, 11) is 0. The SMILES string of the molecule is C#CCN(C(=O)OC(C)(C)C)c1cccc(F)c1. The first kappa shape index (κ1) is 14.0. The molecule has 0 bridgehead atoms. The second kappa shape index (κ2) is 5.54. The van der Waals surface area contributed by atoms with Crippen molar-refractivity contribution in [2.24, 2.45) is 0 Å². The van der Waals surface area contributed by atoms with Gasteiger partial charge in [-0.2, -0.15) is 0 Å². The second-order valence-electron chi connectivity index (χ2n) is 4.75. The van der Waals surface area contributed by atoms with Gasteiger partial charge in [-0.3, -0.25) is 4.90 Å². The number of rotatable bonds is 2. The van der Waals surface area contributed by atoms with Gasteiger partial charge in [0, 0.05) is 0 Å². The van der Waals surface area contributed by atoms with E-state index >= 15 is 0 Å². The molecule has 1 rings (SSSR count). The van der Waals surface area contributed by atoms with Crippen LogP contribution >= 0.6 is 0 Å². The number of benzene rings is 1. The van der Waals surface area contributed by atoms with Gasteiger partial charge in [0.15, 0.2) is 0 Å². The number of hydrogen-bond donors (Lipinski definition) is 0. The van der Waals surface area contributed by atoms with Crippen molar-refractivity contribution in [2.45, 2.75) is 26.4 Å². The maximum absolute atomic E-state index is 13.1. The van der Waals surface area contributed by atoms with Crippen LogP contribution in [-0.4, -0.2) is 18.2 Å². The molecule has 96 valence electrons. The van der Waals surface area contributed by atoms with Gasteiger partial charge in [0.2, 0.25) is 0 Å². The van der Waals surface area contributed by atoms with Crippen LogP contribution in [0.5, 0.6) is 0 Å². The van der Waals surface area contributed by atoms with Crippen molar-refractivity contribution >= 4 is 11.8 Å². The largest absolute Gasteiger partial charge is 0.443 e. The molecule has 0 aromatic heterocycles. The summed E-state index contributed by atoms with van der Waals surface area (Å²) in [5, 5.41) is 0. The quantitative estimate of drug-likeness (QED) is 0.753. The first-order valence-corrected chi connectivity index (χ1v) is 5.53. The lowest BCUT2D eigenvalue weighted by Crippen LogP contribution is -2.37. The summed E-state index contributed by atoms with van der Waals surface area (Å²) in [5.41, 5.74) is -0.251. The smallest absolute Gasteiger partial charge is 0.415 e. The topological polar surface area (TPSA) is 29.5 Å². The number of anilines is 1. The highest BCUT2D eigenvalue weighted by atomic mass is 19.1. The zero-order valence-electron chi connectivity index (χ0n) is 10.7. The third-order valence-electron chi connectivity index (χ3n) is 1.98. The number of halogens is 1. The van der Waals surface area contributed by atoms with Crippen molar-refractivity contribution < 1.29 is 13.9 Å². The van der Waals surface area contributed by atoms with Crippen LogP contribution in [0.2, 0.25) is 0 Å². The molecule has 18 heavy (non-hydrogen) atoms. The van der Waals surface area contributed by atoms with Crippen LogP contribution in [0.15, 0.2) is 24.3 Å². The molecule has 0 atom stereocenters. The van der Waals surface area contributed by atoms with Crippen LogP contribution in [0, 0.1) is 18.2 Å². The number of hydrogen-bond acceptors (Lipinski definition) is 2. The van der Waals surface area contributed by atoms with Crippen molar-refractivity contribution in [3.05, 3.63) is 30.1 Å². The molecule has 0 fully saturated rings. The highest BCUT2D eigenvalue weighted by Crippen LogP contribution is 2.18. The summed E-state index contributed by atoms with van der Waals surface area (Å²) in [6.45, 7) is 5.29. The average Bonchev–Trinajstić information content (AvgIpc) is 2.23. The van der Waals surface area contributed by atoms with Gasteiger partial charge in [0.25, 0.3) is 0 Å². The summed E-state index contributed by atoms with van der Waals surface area (Å²) in [5.74, 6) is 1.92. The minimum absolute atomic E-state index is 0.0262. The van der Waals surface area contributed by atoms with Crippen molar-refractivity contribution in [1.82, 2.24) is 0 Å². The normalized spacial score (nSPS) is 10.6. The lowest BCUT2D eigenvalue weighted by molar-refractivity contribution is 0.0585. The minimum Gasteiger partial charge on any atom is -0.443 e. The highest BCUT2D eigenvalue weighted by molar-refractivity contribution is 5.88. The van der Waals surface area contributed by atoms with Crippen molar-refractivity contribution in [3.63, 3.8) is 0 Å². The van der Waals surface area contributed by atoms with Gasteiger partial charge in [-0.05, 0) is 39.0 Å². The Kier molecular flexibility index (Phi) is 4.33. The van der Waals surface area contributed by atoms with Gasteiger partial charge < -0.3 is 4.74 Å². The van der Waals surface area contributed by atoms with E-state index in [0.717, 1.165) is 0 Å². The van der Waals surface area contributed by atoms with Gasteiger partial charge in [0.05, 0.1) is 12.2 Å². The first-order chi connectivity index (χ1) is 8.33. The molecule has 0 aliphatic rings. The molecule has 0 radical (unpaired) electrons. The average molecular weight is 249 g/mol.